The van der Waals surface area contributed by atoms with E-state index < -0.39 is 5.97 Å². The number of ether oxygens (including phenoxy) is 2. The first-order valence-corrected chi connectivity index (χ1v) is 6.86. The zero-order valence-corrected chi connectivity index (χ0v) is 12.3. The molecule has 5 heteroatoms. The minimum atomic E-state index is -0.430. The Hall–Kier alpha value is -2.01. The molecule has 0 heterocycles. The first-order valence-electron chi connectivity index (χ1n) is 6.07. The van der Waals surface area contributed by atoms with Crippen molar-refractivity contribution in [3.8, 4) is 5.75 Å². The predicted molar refractivity (Wildman–Crippen MR) is 80.8 cm³/mol. The third-order valence-electron chi connectivity index (χ3n) is 2.54. The van der Waals surface area contributed by atoms with E-state index in [1.165, 1.54) is 0 Å². The van der Waals surface area contributed by atoms with Crippen molar-refractivity contribution in [2.75, 3.05) is 18.9 Å². The third kappa shape index (κ3) is 3.99. The van der Waals surface area contributed by atoms with Gasteiger partial charge in [0, 0.05) is 10.2 Å². The van der Waals surface area contributed by atoms with Crippen LogP contribution >= 0.6 is 15.9 Å². The molecule has 2 aromatic rings. The minimum absolute atomic E-state index is 0.176. The number of hydrogen-bond acceptors (Lipinski definition) is 4. The highest BCUT2D eigenvalue weighted by atomic mass is 79.9. The van der Waals surface area contributed by atoms with Crippen LogP contribution in [0.1, 0.15) is 10.4 Å². The SMILES string of the molecule is Nc1ccc(Br)c(C(=O)OCCOc2ccccc2)c1. The average molecular weight is 336 g/mol. The van der Waals surface area contributed by atoms with Crippen LogP contribution in [0.25, 0.3) is 0 Å². The molecule has 0 unspecified atom stereocenters. The third-order valence-corrected chi connectivity index (χ3v) is 3.23. The lowest BCUT2D eigenvalue weighted by atomic mass is 10.2. The van der Waals surface area contributed by atoms with Gasteiger partial charge in [-0.05, 0) is 46.3 Å². The van der Waals surface area contributed by atoms with Crippen LogP contribution in [-0.2, 0) is 4.74 Å². The van der Waals surface area contributed by atoms with Crippen LogP contribution < -0.4 is 10.5 Å². The predicted octanol–water partition coefficient (Wildman–Crippen LogP) is 3.27. The summed E-state index contributed by atoms with van der Waals surface area (Å²) in [5.41, 5.74) is 6.56. The fourth-order valence-corrected chi connectivity index (χ4v) is 2.00. The number of nitrogens with two attached hydrogens (primary N) is 1. The lowest BCUT2D eigenvalue weighted by Crippen LogP contribution is -2.13. The first-order chi connectivity index (χ1) is 9.66. The Morgan fingerprint density at radius 2 is 1.85 bits per heavy atom. The number of esters is 1. The number of rotatable bonds is 5. The second-order valence-corrected chi connectivity index (χ2v) is 4.89. The van der Waals surface area contributed by atoms with Gasteiger partial charge in [0.2, 0.25) is 0 Å². The van der Waals surface area contributed by atoms with Gasteiger partial charge in [0.05, 0.1) is 5.56 Å². The van der Waals surface area contributed by atoms with Crippen molar-refractivity contribution in [3.63, 3.8) is 0 Å². The van der Waals surface area contributed by atoms with Gasteiger partial charge in [-0.2, -0.15) is 0 Å². The second-order valence-electron chi connectivity index (χ2n) is 4.04. The molecule has 0 amide bonds. The van der Waals surface area contributed by atoms with Crippen LogP contribution in [0.5, 0.6) is 5.75 Å². The molecule has 0 fully saturated rings. The highest BCUT2D eigenvalue weighted by molar-refractivity contribution is 9.10. The maximum atomic E-state index is 11.9. The van der Waals surface area contributed by atoms with E-state index in [0.717, 1.165) is 5.75 Å². The Bertz CT molecular complexity index is 587. The Morgan fingerprint density at radius 1 is 1.10 bits per heavy atom. The van der Waals surface area contributed by atoms with Gasteiger partial charge < -0.3 is 15.2 Å². The van der Waals surface area contributed by atoms with Crippen molar-refractivity contribution in [2.45, 2.75) is 0 Å². The molecular weight excluding hydrogens is 322 g/mol. The first kappa shape index (κ1) is 14.4. The number of halogens is 1. The number of benzene rings is 2. The van der Waals surface area contributed by atoms with Crippen LogP contribution in [0.4, 0.5) is 5.69 Å². The summed E-state index contributed by atoms with van der Waals surface area (Å²) in [4.78, 5) is 11.9. The summed E-state index contributed by atoms with van der Waals surface area (Å²) in [6, 6.07) is 14.4. The molecule has 104 valence electrons. The summed E-state index contributed by atoms with van der Waals surface area (Å²) < 4.78 is 11.2. The molecule has 0 saturated carbocycles. The van der Waals surface area contributed by atoms with Crippen molar-refractivity contribution in [1.29, 1.82) is 0 Å². The fourth-order valence-electron chi connectivity index (χ4n) is 1.59. The summed E-state index contributed by atoms with van der Waals surface area (Å²) >= 11 is 3.29. The maximum Gasteiger partial charge on any atom is 0.339 e. The van der Waals surface area contributed by atoms with E-state index in [1.807, 2.05) is 30.3 Å². The molecule has 0 aliphatic carbocycles. The van der Waals surface area contributed by atoms with Crippen LogP contribution in [0.2, 0.25) is 0 Å². The lowest BCUT2D eigenvalue weighted by Gasteiger charge is -2.08. The van der Waals surface area contributed by atoms with Crippen molar-refractivity contribution in [2.24, 2.45) is 0 Å². The number of nitrogen functional groups attached to an aromatic ring is 1. The van der Waals surface area contributed by atoms with E-state index in [0.29, 0.717) is 22.3 Å². The standard InChI is InChI=1S/C15H14BrNO3/c16-14-7-6-11(17)10-13(14)15(18)20-9-8-19-12-4-2-1-3-5-12/h1-7,10H,8-9,17H2. The topological polar surface area (TPSA) is 61.6 Å². The average Bonchev–Trinajstić information content (AvgIpc) is 2.47. The molecule has 0 aliphatic heterocycles. The Labute approximate surface area is 125 Å². The van der Waals surface area contributed by atoms with Gasteiger partial charge in [0.15, 0.2) is 0 Å². The monoisotopic (exact) mass is 335 g/mol. The largest absolute Gasteiger partial charge is 0.490 e. The molecular formula is C15H14BrNO3. The number of carbonyl (C=O) groups is 1. The van der Waals surface area contributed by atoms with E-state index >= 15 is 0 Å². The summed E-state index contributed by atoms with van der Waals surface area (Å²) in [5.74, 6) is 0.314. The van der Waals surface area contributed by atoms with Gasteiger partial charge in [0.1, 0.15) is 19.0 Å². The lowest BCUT2D eigenvalue weighted by molar-refractivity contribution is 0.0449. The van der Waals surface area contributed by atoms with Crippen molar-refractivity contribution < 1.29 is 14.3 Å². The van der Waals surface area contributed by atoms with Gasteiger partial charge in [-0.25, -0.2) is 4.79 Å². The van der Waals surface area contributed by atoms with Gasteiger partial charge in [-0.15, -0.1) is 0 Å². The Kier molecular flexibility index (Phi) is 5.01. The highest BCUT2D eigenvalue weighted by Crippen LogP contribution is 2.20. The summed E-state index contributed by atoms with van der Waals surface area (Å²) in [5, 5.41) is 0. The Morgan fingerprint density at radius 3 is 2.60 bits per heavy atom. The van der Waals surface area contributed by atoms with E-state index in [-0.39, 0.29) is 6.61 Å². The number of carbonyl (C=O) groups excluding carboxylic acids is 1. The molecule has 0 saturated heterocycles. The van der Waals surface area contributed by atoms with Gasteiger partial charge >= 0.3 is 5.97 Å². The zero-order chi connectivity index (χ0) is 14.4. The van der Waals surface area contributed by atoms with E-state index in [2.05, 4.69) is 15.9 Å². The summed E-state index contributed by atoms with van der Waals surface area (Å²) in [7, 11) is 0. The quantitative estimate of drug-likeness (QED) is 0.517. The van der Waals surface area contributed by atoms with Crippen molar-refractivity contribution >= 4 is 27.6 Å². The number of hydrogen-bond donors (Lipinski definition) is 1. The second kappa shape index (κ2) is 6.96. The van der Waals surface area contributed by atoms with E-state index in [1.54, 1.807) is 18.2 Å². The van der Waals surface area contributed by atoms with Crippen LogP contribution in [0.15, 0.2) is 53.0 Å². The van der Waals surface area contributed by atoms with E-state index in [9.17, 15) is 4.79 Å². The molecule has 4 nitrogen and oxygen atoms in total. The van der Waals surface area contributed by atoms with E-state index in [4.69, 9.17) is 15.2 Å². The number of para-hydroxylation sites is 1. The van der Waals surface area contributed by atoms with Gasteiger partial charge in [0.25, 0.3) is 0 Å². The van der Waals surface area contributed by atoms with Gasteiger partial charge in [-0.1, -0.05) is 18.2 Å². The Balaban J connectivity index is 1.82. The molecule has 2 rings (SSSR count). The molecule has 20 heavy (non-hydrogen) atoms. The fraction of sp³-hybridized carbons (Fsp3) is 0.133. The minimum Gasteiger partial charge on any atom is -0.490 e. The molecule has 2 aromatic carbocycles. The van der Waals surface area contributed by atoms with Crippen molar-refractivity contribution in [3.05, 3.63) is 58.6 Å². The highest BCUT2D eigenvalue weighted by Gasteiger charge is 2.11. The molecule has 2 N–H and O–H groups in total. The van der Waals surface area contributed by atoms with Crippen LogP contribution in [0.3, 0.4) is 0 Å². The van der Waals surface area contributed by atoms with Crippen LogP contribution in [-0.4, -0.2) is 19.2 Å². The molecule has 0 aromatic heterocycles. The molecule has 0 radical (unpaired) electrons. The smallest absolute Gasteiger partial charge is 0.339 e. The molecule has 0 spiro atoms. The molecule has 0 atom stereocenters. The molecule has 0 aliphatic rings. The van der Waals surface area contributed by atoms with Gasteiger partial charge in [-0.3, -0.25) is 0 Å². The number of anilines is 1. The zero-order valence-electron chi connectivity index (χ0n) is 10.7. The summed E-state index contributed by atoms with van der Waals surface area (Å²) in [6.07, 6.45) is 0. The molecule has 0 bridgehead atoms. The maximum absolute atomic E-state index is 11.9. The van der Waals surface area contributed by atoms with Crippen LogP contribution in [0, 0.1) is 0 Å². The summed E-state index contributed by atoms with van der Waals surface area (Å²) in [6.45, 7) is 0.477. The normalized spacial score (nSPS) is 10.1. The van der Waals surface area contributed by atoms with Crippen molar-refractivity contribution in [1.82, 2.24) is 0 Å².